The third-order valence-corrected chi connectivity index (χ3v) is 5.14. The first-order valence-electron chi connectivity index (χ1n) is 7.92. The molecule has 2 unspecified atom stereocenters. The molecule has 1 saturated carbocycles. The Labute approximate surface area is 126 Å². The molecular weight excluding hydrogens is 264 g/mol. The maximum Gasteiger partial charge on any atom is 0.253 e. The molecule has 114 valence electrons. The highest BCUT2D eigenvalue weighted by molar-refractivity contribution is 5.94. The molecule has 0 radical (unpaired) electrons. The molecule has 4 heteroatoms. The zero-order valence-corrected chi connectivity index (χ0v) is 12.6. The van der Waals surface area contributed by atoms with Crippen LogP contribution in [0.1, 0.15) is 42.5 Å². The molecule has 0 spiro atoms. The predicted molar refractivity (Wildman–Crippen MR) is 83.4 cm³/mol. The SMILES string of the molecule is CNc1ccc(C(=O)N2CCC3(O)CCCCC3C2)cc1. The van der Waals surface area contributed by atoms with Gasteiger partial charge in [0.05, 0.1) is 5.60 Å². The maximum absolute atomic E-state index is 12.6. The number of carbonyl (C=O) groups excluding carboxylic acids is 1. The number of nitrogens with one attached hydrogen (secondary N) is 1. The standard InChI is InChI=1S/C17H24N2O2/c1-18-15-7-5-13(6-8-15)16(20)19-11-10-17(21)9-3-2-4-14(17)12-19/h5-8,14,18,21H,2-4,9-12H2,1H3. The van der Waals surface area contributed by atoms with Gasteiger partial charge in [0.25, 0.3) is 5.91 Å². The van der Waals surface area contributed by atoms with Gasteiger partial charge in [0, 0.05) is 37.3 Å². The van der Waals surface area contributed by atoms with Crippen LogP contribution in [0.3, 0.4) is 0 Å². The van der Waals surface area contributed by atoms with Crippen molar-refractivity contribution in [1.82, 2.24) is 4.90 Å². The third-order valence-electron chi connectivity index (χ3n) is 5.14. The van der Waals surface area contributed by atoms with E-state index in [4.69, 9.17) is 0 Å². The Morgan fingerprint density at radius 3 is 2.76 bits per heavy atom. The van der Waals surface area contributed by atoms with E-state index >= 15 is 0 Å². The topological polar surface area (TPSA) is 52.6 Å². The molecule has 1 aromatic carbocycles. The van der Waals surface area contributed by atoms with Crippen LogP contribution < -0.4 is 5.32 Å². The molecule has 1 amide bonds. The van der Waals surface area contributed by atoms with Gasteiger partial charge in [0.1, 0.15) is 0 Å². The van der Waals surface area contributed by atoms with Crippen LogP contribution in [0.25, 0.3) is 0 Å². The molecule has 0 bridgehead atoms. The Bertz CT molecular complexity index is 514. The Hall–Kier alpha value is -1.55. The average molecular weight is 288 g/mol. The van der Waals surface area contributed by atoms with Gasteiger partial charge in [0.2, 0.25) is 0 Å². The summed E-state index contributed by atoms with van der Waals surface area (Å²) in [5.74, 6) is 0.339. The quantitative estimate of drug-likeness (QED) is 0.879. The third kappa shape index (κ3) is 2.77. The second-order valence-electron chi connectivity index (χ2n) is 6.37. The minimum atomic E-state index is -0.523. The number of likely N-dealkylation sites (tertiary alicyclic amines) is 1. The second-order valence-corrected chi connectivity index (χ2v) is 6.37. The number of carbonyl (C=O) groups is 1. The van der Waals surface area contributed by atoms with Crippen molar-refractivity contribution in [2.75, 3.05) is 25.5 Å². The highest BCUT2D eigenvalue weighted by atomic mass is 16.3. The zero-order valence-electron chi connectivity index (χ0n) is 12.6. The van der Waals surface area contributed by atoms with E-state index < -0.39 is 5.60 Å². The summed E-state index contributed by atoms with van der Waals surface area (Å²) in [5, 5.41) is 13.7. The first-order chi connectivity index (χ1) is 10.1. The van der Waals surface area contributed by atoms with E-state index in [0.717, 1.165) is 36.9 Å². The summed E-state index contributed by atoms with van der Waals surface area (Å²) >= 11 is 0. The predicted octanol–water partition coefficient (Wildman–Crippen LogP) is 2.50. The van der Waals surface area contributed by atoms with E-state index in [1.54, 1.807) is 0 Å². The number of piperidine rings is 1. The molecule has 1 heterocycles. The first kappa shape index (κ1) is 14.4. The largest absolute Gasteiger partial charge is 0.389 e. The van der Waals surface area contributed by atoms with Gasteiger partial charge in [-0.3, -0.25) is 4.79 Å². The number of aliphatic hydroxyl groups is 1. The van der Waals surface area contributed by atoms with Crippen molar-refractivity contribution >= 4 is 11.6 Å². The van der Waals surface area contributed by atoms with Gasteiger partial charge in [0.15, 0.2) is 0 Å². The van der Waals surface area contributed by atoms with Crippen LogP contribution in [-0.2, 0) is 0 Å². The highest BCUT2D eigenvalue weighted by Gasteiger charge is 2.43. The van der Waals surface area contributed by atoms with Crippen molar-refractivity contribution in [3.8, 4) is 0 Å². The Kier molecular flexibility index (Phi) is 3.89. The van der Waals surface area contributed by atoms with Crippen molar-refractivity contribution < 1.29 is 9.90 Å². The summed E-state index contributed by atoms with van der Waals surface area (Å²) in [5.41, 5.74) is 1.22. The summed E-state index contributed by atoms with van der Waals surface area (Å²) in [6, 6.07) is 7.59. The number of hydrogen-bond acceptors (Lipinski definition) is 3. The van der Waals surface area contributed by atoms with Crippen LogP contribution in [0.4, 0.5) is 5.69 Å². The van der Waals surface area contributed by atoms with Gasteiger partial charge in [-0.15, -0.1) is 0 Å². The molecule has 2 N–H and O–H groups in total. The average Bonchev–Trinajstić information content (AvgIpc) is 2.53. The van der Waals surface area contributed by atoms with Crippen LogP contribution in [0.5, 0.6) is 0 Å². The van der Waals surface area contributed by atoms with Gasteiger partial charge in [-0.25, -0.2) is 0 Å². The minimum absolute atomic E-state index is 0.0882. The maximum atomic E-state index is 12.6. The lowest BCUT2D eigenvalue weighted by Gasteiger charge is -2.47. The summed E-state index contributed by atoms with van der Waals surface area (Å²) in [7, 11) is 1.87. The molecule has 21 heavy (non-hydrogen) atoms. The molecule has 1 saturated heterocycles. The van der Waals surface area contributed by atoms with E-state index in [0.29, 0.717) is 13.1 Å². The molecule has 2 atom stereocenters. The molecule has 1 aliphatic carbocycles. The van der Waals surface area contributed by atoms with Crippen molar-refractivity contribution in [3.63, 3.8) is 0 Å². The number of anilines is 1. The summed E-state index contributed by atoms with van der Waals surface area (Å²) in [4.78, 5) is 14.5. The highest BCUT2D eigenvalue weighted by Crippen LogP contribution is 2.40. The number of rotatable bonds is 2. The van der Waals surface area contributed by atoms with Crippen molar-refractivity contribution in [2.24, 2.45) is 5.92 Å². The summed E-state index contributed by atoms with van der Waals surface area (Å²) in [6.45, 7) is 1.36. The van der Waals surface area contributed by atoms with E-state index in [9.17, 15) is 9.90 Å². The fourth-order valence-electron chi connectivity index (χ4n) is 3.72. The summed E-state index contributed by atoms with van der Waals surface area (Å²) < 4.78 is 0. The van der Waals surface area contributed by atoms with Crippen LogP contribution in [0, 0.1) is 5.92 Å². The minimum Gasteiger partial charge on any atom is -0.389 e. The van der Waals surface area contributed by atoms with E-state index in [1.807, 2.05) is 36.2 Å². The van der Waals surface area contributed by atoms with Crippen LogP contribution in [0.15, 0.2) is 24.3 Å². The zero-order chi connectivity index (χ0) is 14.9. The lowest BCUT2D eigenvalue weighted by atomic mass is 9.71. The molecular formula is C17H24N2O2. The number of benzene rings is 1. The van der Waals surface area contributed by atoms with E-state index in [2.05, 4.69) is 5.32 Å². The van der Waals surface area contributed by atoms with Gasteiger partial charge in [-0.2, -0.15) is 0 Å². The first-order valence-corrected chi connectivity index (χ1v) is 7.92. The molecule has 1 aliphatic heterocycles. The lowest BCUT2D eigenvalue weighted by Crippen LogP contribution is -2.54. The fourth-order valence-corrected chi connectivity index (χ4v) is 3.72. The molecule has 2 fully saturated rings. The van der Waals surface area contributed by atoms with E-state index in [1.165, 1.54) is 6.42 Å². The Morgan fingerprint density at radius 1 is 1.29 bits per heavy atom. The lowest BCUT2D eigenvalue weighted by molar-refractivity contribution is -0.0886. The smallest absolute Gasteiger partial charge is 0.253 e. The van der Waals surface area contributed by atoms with Crippen molar-refractivity contribution in [1.29, 1.82) is 0 Å². The number of hydrogen-bond donors (Lipinski definition) is 2. The van der Waals surface area contributed by atoms with Crippen LogP contribution in [-0.4, -0.2) is 41.7 Å². The fraction of sp³-hybridized carbons (Fsp3) is 0.588. The normalized spacial score (nSPS) is 28.9. The van der Waals surface area contributed by atoms with Crippen LogP contribution >= 0.6 is 0 Å². The molecule has 2 aliphatic rings. The Morgan fingerprint density at radius 2 is 2.05 bits per heavy atom. The molecule has 0 aromatic heterocycles. The molecule has 3 rings (SSSR count). The number of fused-ring (bicyclic) bond motifs is 1. The summed E-state index contributed by atoms with van der Waals surface area (Å²) in [6.07, 6.45) is 4.95. The number of amides is 1. The molecule has 1 aromatic rings. The number of nitrogens with zero attached hydrogens (tertiary/aromatic N) is 1. The van der Waals surface area contributed by atoms with Crippen molar-refractivity contribution in [2.45, 2.75) is 37.7 Å². The van der Waals surface area contributed by atoms with E-state index in [-0.39, 0.29) is 11.8 Å². The van der Waals surface area contributed by atoms with Gasteiger partial charge < -0.3 is 15.3 Å². The Balaban J connectivity index is 1.70. The van der Waals surface area contributed by atoms with Crippen molar-refractivity contribution in [3.05, 3.63) is 29.8 Å². The second kappa shape index (κ2) is 5.68. The monoisotopic (exact) mass is 288 g/mol. The molecule has 4 nitrogen and oxygen atoms in total. The van der Waals surface area contributed by atoms with Gasteiger partial charge in [-0.05, 0) is 43.5 Å². The van der Waals surface area contributed by atoms with Gasteiger partial charge in [-0.1, -0.05) is 12.8 Å². The van der Waals surface area contributed by atoms with Crippen LogP contribution in [0.2, 0.25) is 0 Å². The van der Waals surface area contributed by atoms with Gasteiger partial charge >= 0.3 is 0 Å².